The summed E-state index contributed by atoms with van der Waals surface area (Å²) in [4.78, 5) is 0. The molecule has 5 nitrogen and oxygen atoms in total. The van der Waals surface area contributed by atoms with Gasteiger partial charge in [0.25, 0.3) is 0 Å². The van der Waals surface area contributed by atoms with E-state index < -0.39 is 11.7 Å². The summed E-state index contributed by atoms with van der Waals surface area (Å²) in [6.45, 7) is 5.01. The molecule has 5 heteroatoms. The monoisotopic (exact) mass is 247 g/mol. The largest absolute Gasteiger partial charge is 0.389 e. The normalized spacial score (nSPS) is 19.9. The van der Waals surface area contributed by atoms with Crippen LogP contribution in [0.3, 0.4) is 0 Å². The van der Waals surface area contributed by atoms with Crippen molar-refractivity contribution in [1.29, 1.82) is 0 Å². The Morgan fingerprint density at radius 3 is 2.59 bits per heavy atom. The van der Waals surface area contributed by atoms with Crippen LogP contribution in [0.1, 0.15) is 26.2 Å². The molecule has 1 rings (SSSR count). The summed E-state index contributed by atoms with van der Waals surface area (Å²) in [5.74, 6) is 0. The third kappa shape index (κ3) is 6.33. The van der Waals surface area contributed by atoms with Crippen LogP contribution in [0, 0.1) is 0 Å². The Morgan fingerprint density at radius 1 is 1.29 bits per heavy atom. The molecule has 0 amide bonds. The van der Waals surface area contributed by atoms with E-state index in [2.05, 4.69) is 5.32 Å². The van der Waals surface area contributed by atoms with Crippen molar-refractivity contribution in [2.75, 3.05) is 39.5 Å². The molecule has 17 heavy (non-hydrogen) atoms. The Balaban J connectivity index is 1.88. The first kappa shape index (κ1) is 14.9. The molecule has 0 aromatic heterocycles. The molecule has 1 aliphatic rings. The lowest BCUT2D eigenvalue weighted by molar-refractivity contribution is -0.0359. The SMILES string of the molecule is CCOCCOCC(O)CNCC1(O)CCC1. The van der Waals surface area contributed by atoms with Crippen molar-refractivity contribution in [2.45, 2.75) is 37.9 Å². The van der Waals surface area contributed by atoms with Gasteiger partial charge in [0.1, 0.15) is 0 Å². The van der Waals surface area contributed by atoms with Crippen LogP contribution in [0.2, 0.25) is 0 Å². The summed E-state index contributed by atoms with van der Waals surface area (Å²) in [6.07, 6.45) is 2.30. The van der Waals surface area contributed by atoms with Gasteiger partial charge in [0.05, 0.1) is 31.5 Å². The molecule has 1 aliphatic carbocycles. The average Bonchev–Trinajstić information content (AvgIpc) is 2.26. The summed E-state index contributed by atoms with van der Waals surface area (Å²) in [5.41, 5.74) is -0.532. The summed E-state index contributed by atoms with van der Waals surface area (Å²) >= 11 is 0. The van der Waals surface area contributed by atoms with Crippen molar-refractivity contribution in [3.63, 3.8) is 0 Å². The van der Waals surface area contributed by atoms with E-state index in [0.29, 0.717) is 39.5 Å². The van der Waals surface area contributed by atoms with E-state index in [1.54, 1.807) is 0 Å². The average molecular weight is 247 g/mol. The molecule has 0 heterocycles. The first-order valence-electron chi connectivity index (χ1n) is 6.43. The number of hydrogen-bond acceptors (Lipinski definition) is 5. The Labute approximate surface area is 103 Å². The Morgan fingerprint density at radius 2 is 2.00 bits per heavy atom. The maximum atomic E-state index is 9.80. The van der Waals surface area contributed by atoms with Gasteiger partial charge >= 0.3 is 0 Å². The first-order valence-corrected chi connectivity index (χ1v) is 6.43. The predicted molar refractivity (Wildman–Crippen MR) is 65.0 cm³/mol. The van der Waals surface area contributed by atoms with E-state index in [-0.39, 0.29) is 0 Å². The van der Waals surface area contributed by atoms with Crippen molar-refractivity contribution in [3.8, 4) is 0 Å². The van der Waals surface area contributed by atoms with Gasteiger partial charge in [-0.2, -0.15) is 0 Å². The van der Waals surface area contributed by atoms with Crippen LogP contribution in [-0.4, -0.2) is 61.4 Å². The van der Waals surface area contributed by atoms with Gasteiger partial charge in [0, 0.05) is 19.7 Å². The number of aliphatic hydroxyl groups is 2. The van der Waals surface area contributed by atoms with E-state index in [0.717, 1.165) is 19.3 Å². The molecule has 0 spiro atoms. The number of nitrogens with one attached hydrogen (secondary N) is 1. The Hall–Kier alpha value is -0.200. The van der Waals surface area contributed by atoms with Crippen molar-refractivity contribution in [2.24, 2.45) is 0 Å². The first-order chi connectivity index (χ1) is 8.16. The lowest BCUT2D eigenvalue weighted by Gasteiger charge is -2.36. The van der Waals surface area contributed by atoms with Crippen molar-refractivity contribution in [1.82, 2.24) is 5.32 Å². The van der Waals surface area contributed by atoms with E-state index in [4.69, 9.17) is 9.47 Å². The van der Waals surface area contributed by atoms with Crippen molar-refractivity contribution in [3.05, 3.63) is 0 Å². The van der Waals surface area contributed by atoms with Gasteiger partial charge in [-0.05, 0) is 26.2 Å². The standard InChI is InChI=1S/C12H25NO4/c1-2-16-6-7-17-9-11(14)8-13-10-12(15)4-3-5-12/h11,13-15H,2-10H2,1H3. The van der Waals surface area contributed by atoms with Crippen LogP contribution in [-0.2, 0) is 9.47 Å². The van der Waals surface area contributed by atoms with Crippen LogP contribution in [0.5, 0.6) is 0 Å². The highest BCUT2D eigenvalue weighted by atomic mass is 16.5. The summed E-state index contributed by atoms with van der Waals surface area (Å²) < 4.78 is 10.4. The molecule has 1 unspecified atom stereocenters. The van der Waals surface area contributed by atoms with Gasteiger partial charge in [-0.1, -0.05) is 0 Å². The molecule has 1 saturated carbocycles. The van der Waals surface area contributed by atoms with Gasteiger partial charge in [-0.3, -0.25) is 0 Å². The number of hydrogen-bond donors (Lipinski definition) is 3. The van der Waals surface area contributed by atoms with Crippen LogP contribution in [0.4, 0.5) is 0 Å². The highest BCUT2D eigenvalue weighted by molar-refractivity contribution is 4.89. The fraction of sp³-hybridized carbons (Fsp3) is 1.00. The van der Waals surface area contributed by atoms with E-state index in [1.165, 1.54) is 0 Å². The molecule has 1 fully saturated rings. The van der Waals surface area contributed by atoms with Crippen molar-refractivity contribution < 1.29 is 19.7 Å². The second-order valence-corrected chi connectivity index (χ2v) is 4.63. The highest BCUT2D eigenvalue weighted by Gasteiger charge is 2.33. The van der Waals surface area contributed by atoms with Crippen LogP contribution in [0.25, 0.3) is 0 Å². The molecule has 0 bridgehead atoms. The molecule has 102 valence electrons. The van der Waals surface area contributed by atoms with Crippen LogP contribution < -0.4 is 5.32 Å². The van der Waals surface area contributed by atoms with Gasteiger partial charge in [0.15, 0.2) is 0 Å². The van der Waals surface area contributed by atoms with Gasteiger partial charge in [-0.15, -0.1) is 0 Å². The van der Waals surface area contributed by atoms with E-state index in [9.17, 15) is 10.2 Å². The summed E-state index contributed by atoms with van der Waals surface area (Å²) in [5, 5.41) is 22.5. The van der Waals surface area contributed by atoms with Gasteiger partial charge in [0.2, 0.25) is 0 Å². The molecule has 1 atom stereocenters. The second-order valence-electron chi connectivity index (χ2n) is 4.63. The minimum atomic E-state index is -0.532. The van der Waals surface area contributed by atoms with E-state index >= 15 is 0 Å². The van der Waals surface area contributed by atoms with E-state index in [1.807, 2.05) is 6.92 Å². The fourth-order valence-electron chi connectivity index (χ4n) is 1.77. The molecule has 0 aliphatic heterocycles. The second kappa shape index (κ2) is 8.00. The number of aliphatic hydroxyl groups excluding tert-OH is 1. The molecular weight excluding hydrogens is 222 g/mol. The molecular formula is C12H25NO4. The summed E-state index contributed by atoms with van der Waals surface area (Å²) in [6, 6.07) is 0. The third-order valence-electron chi connectivity index (χ3n) is 3.00. The van der Waals surface area contributed by atoms with Gasteiger partial charge < -0.3 is 25.0 Å². The molecule has 0 aromatic rings. The minimum absolute atomic E-state index is 0.304. The number of rotatable bonds is 10. The zero-order chi connectivity index (χ0) is 12.6. The molecule has 0 aromatic carbocycles. The van der Waals surface area contributed by atoms with Crippen LogP contribution in [0.15, 0.2) is 0 Å². The molecule has 0 radical (unpaired) electrons. The summed E-state index contributed by atoms with van der Waals surface area (Å²) in [7, 11) is 0. The number of ether oxygens (including phenoxy) is 2. The van der Waals surface area contributed by atoms with Crippen molar-refractivity contribution >= 4 is 0 Å². The fourth-order valence-corrected chi connectivity index (χ4v) is 1.77. The maximum Gasteiger partial charge on any atom is 0.0897 e. The lowest BCUT2D eigenvalue weighted by atomic mass is 9.80. The molecule has 3 N–H and O–H groups in total. The minimum Gasteiger partial charge on any atom is -0.389 e. The zero-order valence-electron chi connectivity index (χ0n) is 10.7. The Kier molecular flexibility index (Phi) is 6.99. The predicted octanol–water partition coefficient (Wildman–Crippen LogP) is -0.0950. The topological polar surface area (TPSA) is 71.0 Å². The smallest absolute Gasteiger partial charge is 0.0897 e. The zero-order valence-corrected chi connectivity index (χ0v) is 10.7. The Bertz CT molecular complexity index is 197. The lowest BCUT2D eigenvalue weighted by Crippen LogP contribution is -2.48. The third-order valence-corrected chi connectivity index (χ3v) is 3.00. The maximum absolute atomic E-state index is 9.80. The quantitative estimate of drug-likeness (QED) is 0.470. The van der Waals surface area contributed by atoms with Gasteiger partial charge in [-0.25, -0.2) is 0 Å². The highest BCUT2D eigenvalue weighted by Crippen LogP contribution is 2.30. The van der Waals surface area contributed by atoms with Crippen LogP contribution >= 0.6 is 0 Å². The molecule has 0 saturated heterocycles.